The van der Waals surface area contributed by atoms with Crippen LogP contribution in [0.5, 0.6) is 0 Å². The van der Waals surface area contributed by atoms with Gasteiger partial charge < -0.3 is 5.32 Å². The number of amides is 1. The standard InChI is InChI=1S/C19H24N2O3S2/c1-11-10-12(2)14(4)18(13(11)3)25-15(5)19(22)21-16-6-8-17(9-7-16)26(20,23)24/h6-10,15H,1-5H3,(H,21,22)(H2,20,23,24)/t15-/m1/s1. The third-order valence-electron chi connectivity index (χ3n) is 4.41. The quantitative estimate of drug-likeness (QED) is 0.760. The summed E-state index contributed by atoms with van der Waals surface area (Å²) in [6.45, 7) is 10.1. The van der Waals surface area contributed by atoms with E-state index < -0.39 is 10.0 Å². The summed E-state index contributed by atoms with van der Waals surface area (Å²) in [5.74, 6) is -0.142. The zero-order valence-corrected chi connectivity index (χ0v) is 17.2. The molecule has 0 spiro atoms. The topological polar surface area (TPSA) is 89.3 Å². The molecule has 0 bridgehead atoms. The molecule has 1 amide bonds. The number of sulfonamides is 1. The second-order valence-electron chi connectivity index (χ2n) is 6.41. The summed E-state index contributed by atoms with van der Waals surface area (Å²) in [4.78, 5) is 13.7. The Hall–Kier alpha value is -1.83. The Morgan fingerprint density at radius 2 is 1.54 bits per heavy atom. The Balaban J connectivity index is 2.14. The van der Waals surface area contributed by atoms with Gasteiger partial charge in [-0.15, -0.1) is 11.8 Å². The van der Waals surface area contributed by atoms with Crippen molar-refractivity contribution in [1.82, 2.24) is 0 Å². The first kappa shape index (κ1) is 20.5. The van der Waals surface area contributed by atoms with E-state index in [0.717, 1.165) is 4.90 Å². The predicted octanol–water partition coefficient (Wildman–Crippen LogP) is 3.69. The maximum atomic E-state index is 12.5. The van der Waals surface area contributed by atoms with E-state index in [4.69, 9.17) is 5.14 Å². The third-order valence-corrected chi connectivity index (χ3v) is 6.76. The van der Waals surface area contributed by atoms with Crippen LogP contribution >= 0.6 is 11.8 Å². The van der Waals surface area contributed by atoms with E-state index >= 15 is 0 Å². The van der Waals surface area contributed by atoms with Gasteiger partial charge in [0.15, 0.2) is 0 Å². The first-order valence-corrected chi connectivity index (χ1v) is 10.6. The molecule has 0 aliphatic rings. The molecule has 0 heterocycles. The second kappa shape index (κ2) is 7.82. The van der Waals surface area contributed by atoms with Crippen LogP contribution < -0.4 is 10.5 Å². The molecule has 2 rings (SSSR count). The minimum Gasteiger partial charge on any atom is -0.325 e. The van der Waals surface area contributed by atoms with Crippen LogP contribution in [0.15, 0.2) is 40.1 Å². The van der Waals surface area contributed by atoms with Gasteiger partial charge in [0.2, 0.25) is 15.9 Å². The number of rotatable bonds is 5. The van der Waals surface area contributed by atoms with Crippen molar-refractivity contribution in [3.63, 3.8) is 0 Å². The van der Waals surface area contributed by atoms with Crippen molar-refractivity contribution in [3.8, 4) is 0 Å². The molecule has 0 saturated heterocycles. The molecule has 5 nitrogen and oxygen atoms in total. The van der Waals surface area contributed by atoms with Gasteiger partial charge in [0.05, 0.1) is 10.1 Å². The molecule has 26 heavy (non-hydrogen) atoms. The van der Waals surface area contributed by atoms with Gasteiger partial charge in [0.25, 0.3) is 0 Å². The minimum atomic E-state index is -3.74. The van der Waals surface area contributed by atoms with Gasteiger partial charge in [0.1, 0.15) is 0 Å². The summed E-state index contributed by atoms with van der Waals surface area (Å²) in [5, 5.41) is 7.59. The number of hydrogen-bond acceptors (Lipinski definition) is 4. The van der Waals surface area contributed by atoms with Crippen molar-refractivity contribution in [1.29, 1.82) is 0 Å². The lowest BCUT2D eigenvalue weighted by Gasteiger charge is -2.18. The fourth-order valence-electron chi connectivity index (χ4n) is 2.56. The average molecular weight is 393 g/mol. The lowest BCUT2D eigenvalue weighted by atomic mass is 10.0. The lowest BCUT2D eigenvalue weighted by molar-refractivity contribution is -0.115. The molecule has 0 aromatic heterocycles. The van der Waals surface area contributed by atoms with Crippen LogP contribution in [0, 0.1) is 27.7 Å². The zero-order valence-electron chi connectivity index (χ0n) is 15.6. The maximum absolute atomic E-state index is 12.5. The molecular weight excluding hydrogens is 368 g/mol. The fourth-order valence-corrected chi connectivity index (χ4v) is 4.27. The van der Waals surface area contributed by atoms with Gasteiger partial charge in [-0.3, -0.25) is 4.79 Å². The summed E-state index contributed by atoms with van der Waals surface area (Å²) in [5.41, 5.74) is 5.33. The van der Waals surface area contributed by atoms with E-state index in [1.54, 1.807) is 0 Å². The highest BCUT2D eigenvalue weighted by molar-refractivity contribution is 8.00. The van der Waals surface area contributed by atoms with E-state index in [2.05, 4.69) is 39.1 Å². The highest BCUT2D eigenvalue weighted by Gasteiger charge is 2.19. The number of nitrogens with one attached hydrogen (secondary N) is 1. The summed E-state index contributed by atoms with van der Waals surface area (Å²) in [6.07, 6.45) is 0. The Bertz CT molecular complexity index is 910. The molecule has 1 atom stereocenters. The normalized spacial score (nSPS) is 12.7. The first-order valence-electron chi connectivity index (χ1n) is 8.18. The molecule has 0 aliphatic heterocycles. The van der Waals surface area contributed by atoms with E-state index in [0.29, 0.717) is 5.69 Å². The highest BCUT2D eigenvalue weighted by atomic mass is 32.2. The molecule has 2 aromatic carbocycles. The Kier molecular flexibility index (Phi) is 6.16. The van der Waals surface area contributed by atoms with Crippen LogP contribution in [-0.2, 0) is 14.8 Å². The molecule has 0 saturated carbocycles. The van der Waals surface area contributed by atoms with Gasteiger partial charge >= 0.3 is 0 Å². The van der Waals surface area contributed by atoms with E-state index in [9.17, 15) is 13.2 Å². The number of aryl methyl sites for hydroxylation is 2. The molecule has 0 radical (unpaired) electrons. The number of anilines is 1. The van der Waals surface area contributed by atoms with E-state index in [-0.39, 0.29) is 16.1 Å². The van der Waals surface area contributed by atoms with Gasteiger partial charge in [-0.05, 0) is 81.1 Å². The predicted molar refractivity (Wildman–Crippen MR) is 107 cm³/mol. The number of carbonyl (C=O) groups is 1. The first-order chi connectivity index (χ1) is 12.0. The van der Waals surface area contributed by atoms with Crippen molar-refractivity contribution >= 4 is 33.4 Å². The number of hydrogen-bond donors (Lipinski definition) is 2. The summed E-state index contributed by atoms with van der Waals surface area (Å²) >= 11 is 1.53. The number of primary sulfonamides is 1. The van der Waals surface area contributed by atoms with Crippen molar-refractivity contribution in [2.24, 2.45) is 5.14 Å². The smallest absolute Gasteiger partial charge is 0.238 e. The summed E-state index contributed by atoms with van der Waals surface area (Å²) in [7, 11) is -3.74. The molecular formula is C19H24N2O3S2. The van der Waals surface area contributed by atoms with Crippen LogP contribution in [0.3, 0.4) is 0 Å². The summed E-state index contributed by atoms with van der Waals surface area (Å²) in [6, 6.07) is 7.97. The van der Waals surface area contributed by atoms with E-state index in [1.807, 2.05) is 6.92 Å². The van der Waals surface area contributed by atoms with Gasteiger partial charge in [0, 0.05) is 10.6 Å². The van der Waals surface area contributed by atoms with Crippen LogP contribution in [0.4, 0.5) is 5.69 Å². The van der Waals surface area contributed by atoms with Crippen molar-refractivity contribution in [3.05, 3.63) is 52.6 Å². The Morgan fingerprint density at radius 1 is 1.04 bits per heavy atom. The van der Waals surface area contributed by atoms with Crippen molar-refractivity contribution < 1.29 is 13.2 Å². The molecule has 2 aromatic rings. The van der Waals surface area contributed by atoms with Crippen LogP contribution in [0.1, 0.15) is 29.2 Å². The van der Waals surface area contributed by atoms with E-state index in [1.165, 1.54) is 58.3 Å². The minimum absolute atomic E-state index is 0.0133. The monoisotopic (exact) mass is 392 g/mol. The number of thioether (sulfide) groups is 1. The molecule has 3 N–H and O–H groups in total. The molecule has 0 fully saturated rings. The lowest BCUT2D eigenvalue weighted by Crippen LogP contribution is -2.22. The average Bonchev–Trinajstić information content (AvgIpc) is 2.56. The summed E-state index contributed by atoms with van der Waals surface area (Å²) < 4.78 is 22.6. The third kappa shape index (κ3) is 4.66. The Morgan fingerprint density at radius 3 is 2.00 bits per heavy atom. The molecule has 0 aliphatic carbocycles. The van der Waals surface area contributed by atoms with Crippen molar-refractivity contribution in [2.45, 2.75) is 49.7 Å². The number of carbonyl (C=O) groups excluding carboxylic acids is 1. The van der Waals surface area contributed by atoms with Crippen LogP contribution in [-0.4, -0.2) is 19.6 Å². The van der Waals surface area contributed by atoms with Gasteiger partial charge in [-0.2, -0.15) is 0 Å². The van der Waals surface area contributed by atoms with Crippen molar-refractivity contribution in [2.75, 3.05) is 5.32 Å². The molecule has 140 valence electrons. The fraction of sp³-hybridized carbons (Fsp3) is 0.316. The maximum Gasteiger partial charge on any atom is 0.238 e. The molecule has 7 heteroatoms. The highest BCUT2D eigenvalue weighted by Crippen LogP contribution is 2.34. The number of nitrogens with two attached hydrogens (primary N) is 1. The Labute approximate surface area is 159 Å². The van der Waals surface area contributed by atoms with Crippen LogP contribution in [0.25, 0.3) is 0 Å². The zero-order chi connectivity index (χ0) is 19.6. The van der Waals surface area contributed by atoms with Gasteiger partial charge in [-0.1, -0.05) is 6.07 Å². The van der Waals surface area contributed by atoms with Gasteiger partial charge in [-0.25, -0.2) is 13.6 Å². The second-order valence-corrected chi connectivity index (χ2v) is 9.32. The largest absolute Gasteiger partial charge is 0.325 e. The SMILES string of the molecule is Cc1cc(C)c(C)c(S[C@H](C)C(=O)Nc2ccc(S(N)(=O)=O)cc2)c1C. The number of benzene rings is 2. The van der Waals surface area contributed by atoms with Crippen LogP contribution in [0.2, 0.25) is 0 Å². The molecule has 0 unspecified atom stereocenters.